The molecule has 0 bridgehead atoms. The lowest BCUT2D eigenvalue weighted by Gasteiger charge is -2.05. The third-order valence-corrected chi connectivity index (χ3v) is 4.52. The second-order valence-electron chi connectivity index (χ2n) is 6.15. The van der Waals surface area contributed by atoms with E-state index in [-0.39, 0.29) is 0 Å². The van der Waals surface area contributed by atoms with Gasteiger partial charge in [-0.3, -0.25) is 0 Å². The summed E-state index contributed by atoms with van der Waals surface area (Å²) in [5, 5.41) is 13.5. The molecule has 0 amide bonds. The predicted octanol–water partition coefficient (Wildman–Crippen LogP) is 5.24. The van der Waals surface area contributed by atoms with Gasteiger partial charge in [-0.05, 0) is 45.8 Å². The van der Waals surface area contributed by atoms with Crippen molar-refractivity contribution in [3.8, 4) is 16.9 Å². The number of benzene rings is 4. The summed E-state index contributed by atoms with van der Waals surface area (Å²) < 4.78 is 1.83. The van der Waals surface area contributed by atoms with Gasteiger partial charge in [-0.1, -0.05) is 65.9 Å². The summed E-state index contributed by atoms with van der Waals surface area (Å²) in [4.78, 5) is 0. The molecule has 0 aliphatic heterocycles. The van der Waals surface area contributed by atoms with E-state index in [0.29, 0.717) is 0 Å². The second-order valence-corrected chi connectivity index (χ2v) is 6.15. The van der Waals surface area contributed by atoms with Crippen LogP contribution in [0.4, 0.5) is 0 Å². The third kappa shape index (κ3) is 2.46. The highest BCUT2D eigenvalue weighted by Gasteiger charge is 2.06. The summed E-state index contributed by atoms with van der Waals surface area (Å²) in [5.74, 6) is 0. The first kappa shape index (κ1) is 13.9. The number of nitrogens with zero attached hydrogens (tertiary/aromatic N) is 3. The van der Waals surface area contributed by atoms with Crippen LogP contribution in [0.1, 0.15) is 0 Å². The van der Waals surface area contributed by atoms with E-state index in [1.165, 1.54) is 21.5 Å². The fourth-order valence-corrected chi connectivity index (χ4v) is 3.20. The summed E-state index contributed by atoms with van der Waals surface area (Å²) in [6, 6.07) is 29.4. The van der Waals surface area contributed by atoms with E-state index in [1.807, 2.05) is 41.2 Å². The molecule has 4 aromatic carbocycles. The Morgan fingerprint density at radius 1 is 0.600 bits per heavy atom. The van der Waals surface area contributed by atoms with Crippen molar-refractivity contribution in [3.63, 3.8) is 0 Å². The van der Waals surface area contributed by atoms with Crippen LogP contribution in [0, 0.1) is 0 Å². The van der Waals surface area contributed by atoms with Gasteiger partial charge in [-0.2, -0.15) is 0 Å². The Bertz CT molecular complexity index is 1190. The molecule has 3 nitrogen and oxygen atoms in total. The van der Waals surface area contributed by atoms with E-state index in [9.17, 15) is 0 Å². The molecular weight excluding hydrogens is 306 g/mol. The summed E-state index contributed by atoms with van der Waals surface area (Å²) >= 11 is 0. The molecular formula is C22H15N3. The van der Waals surface area contributed by atoms with E-state index in [4.69, 9.17) is 0 Å². The Morgan fingerprint density at radius 3 is 2.08 bits per heavy atom. The van der Waals surface area contributed by atoms with Crippen molar-refractivity contribution >= 4 is 21.5 Å². The maximum absolute atomic E-state index is 4.31. The van der Waals surface area contributed by atoms with Gasteiger partial charge in [0.25, 0.3) is 0 Å². The molecule has 0 atom stereocenters. The van der Waals surface area contributed by atoms with E-state index in [0.717, 1.165) is 16.9 Å². The topological polar surface area (TPSA) is 30.7 Å². The molecule has 0 N–H and O–H groups in total. The Kier molecular flexibility index (Phi) is 3.10. The molecule has 1 aromatic heterocycles. The minimum atomic E-state index is 0.874. The lowest BCUT2D eigenvalue weighted by Crippen LogP contribution is -1.94. The van der Waals surface area contributed by atoms with E-state index in [1.54, 1.807) is 0 Å². The summed E-state index contributed by atoms with van der Waals surface area (Å²) in [5.41, 5.74) is 2.96. The monoisotopic (exact) mass is 321 g/mol. The van der Waals surface area contributed by atoms with Crippen LogP contribution >= 0.6 is 0 Å². The molecule has 0 fully saturated rings. The zero-order valence-corrected chi connectivity index (χ0v) is 13.5. The van der Waals surface area contributed by atoms with Crippen molar-refractivity contribution in [1.82, 2.24) is 15.0 Å². The number of aromatic nitrogens is 3. The molecule has 3 heteroatoms. The number of rotatable bonds is 2. The molecule has 1 heterocycles. The van der Waals surface area contributed by atoms with Crippen LogP contribution in [0.2, 0.25) is 0 Å². The minimum absolute atomic E-state index is 0.874. The third-order valence-electron chi connectivity index (χ3n) is 4.52. The standard InChI is InChI=1S/C22H15N3/c1-2-6-16(7-3-1)22-15-25(24-23-22)21-11-10-19-12-17-8-4-5-9-18(17)13-20(19)14-21/h1-15H. The highest BCUT2D eigenvalue weighted by atomic mass is 15.4. The Morgan fingerprint density at radius 2 is 1.28 bits per heavy atom. The van der Waals surface area contributed by atoms with Crippen LogP contribution in [0.5, 0.6) is 0 Å². The van der Waals surface area contributed by atoms with Crippen LogP contribution in [-0.2, 0) is 0 Å². The molecule has 0 radical (unpaired) electrons. The minimum Gasteiger partial charge on any atom is -0.220 e. The van der Waals surface area contributed by atoms with Crippen molar-refractivity contribution in [1.29, 1.82) is 0 Å². The zero-order chi connectivity index (χ0) is 16.6. The largest absolute Gasteiger partial charge is 0.220 e. The molecule has 0 saturated heterocycles. The smallest absolute Gasteiger partial charge is 0.113 e. The predicted molar refractivity (Wildman–Crippen MR) is 102 cm³/mol. The first-order valence-corrected chi connectivity index (χ1v) is 8.27. The van der Waals surface area contributed by atoms with Crippen LogP contribution in [0.3, 0.4) is 0 Å². The first-order chi connectivity index (χ1) is 12.4. The quantitative estimate of drug-likeness (QED) is 0.416. The number of fused-ring (bicyclic) bond motifs is 2. The van der Waals surface area contributed by atoms with Crippen molar-refractivity contribution in [2.75, 3.05) is 0 Å². The van der Waals surface area contributed by atoms with Gasteiger partial charge in [0.15, 0.2) is 0 Å². The van der Waals surface area contributed by atoms with Crippen LogP contribution < -0.4 is 0 Å². The van der Waals surface area contributed by atoms with Crippen molar-refractivity contribution in [2.24, 2.45) is 0 Å². The van der Waals surface area contributed by atoms with E-state index >= 15 is 0 Å². The number of hydrogen-bond donors (Lipinski definition) is 0. The van der Waals surface area contributed by atoms with Gasteiger partial charge in [0.2, 0.25) is 0 Å². The summed E-state index contributed by atoms with van der Waals surface area (Å²) in [7, 11) is 0. The van der Waals surface area contributed by atoms with Gasteiger partial charge in [-0.15, -0.1) is 5.10 Å². The van der Waals surface area contributed by atoms with Crippen molar-refractivity contribution in [2.45, 2.75) is 0 Å². The van der Waals surface area contributed by atoms with Gasteiger partial charge in [0.05, 0.1) is 11.9 Å². The fourth-order valence-electron chi connectivity index (χ4n) is 3.20. The second kappa shape index (κ2) is 5.56. The van der Waals surface area contributed by atoms with Gasteiger partial charge >= 0.3 is 0 Å². The Balaban J connectivity index is 1.61. The van der Waals surface area contributed by atoms with E-state index < -0.39 is 0 Å². The van der Waals surface area contributed by atoms with Crippen LogP contribution in [0.25, 0.3) is 38.5 Å². The van der Waals surface area contributed by atoms with E-state index in [2.05, 4.69) is 64.9 Å². The fraction of sp³-hybridized carbons (Fsp3) is 0. The van der Waals surface area contributed by atoms with Gasteiger partial charge in [0, 0.05) is 5.56 Å². The molecule has 118 valence electrons. The average Bonchev–Trinajstić information content (AvgIpc) is 3.17. The maximum Gasteiger partial charge on any atom is 0.113 e. The maximum atomic E-state index is 4.31. The molecule has 0 saturated carbocycles. The summed E-state index contributed by atoms with van der Waals surface area (Å²) in [6.45, 7) is 0. The molecule has 0 unspecified atom stereocenters. The summed E-state index contributed by atoms with van der Waals surface area (Å²) in [6.07, 6.45) is 1.97. The highest BCUT2D eigenvalue weighted by Crippen LogP contribution is 2.25. The van der Waals surface area contributed by atoms with Crippen LogP contribution in [0.15, 0.2) is 91.1 Å². The molecule has 5 aromatic rings. The van der Waals surface area contributed by atoms with Crippen molar-refractivity contribution in [3.05, 3.63) is 91.1 Å². The van der Waals surface area contributed by atoms with Crippen LogP contribution in [-0.4, -0.2) is 15.0 Å². The normalized spacial score (nSPS) is 11.2. The lowest BCUT2D eigenvalue weighted by atomic mass is 10.0. The number of hydrogen-bond acceptors (Lipinski definition) is 2. The molecule has 0 aliphatic rings. The van der Waals surface area contributed by atoms with Gasteiger partial charge < -0.3 is 0 Å². The molecule has 0 aliphatic carbocycles. The lowest BCUT2D eigenvalue weighted by molar-refractivity contribution is 0.805. The van der Waals surface area contributed by atoms with Crippen molar-refractivity contribution < 1.29 is 0 Å². The molecule has 5 rings (SSSR count). The Hall–Kier alpha value is -3.46. The average molecular weight is 321 g/mol. The SMILES string of the molecule is c1ccc(-c2cn(-c3ccc4cc5ccccc5cc4c3)nn2)cc1. The first-order valence-electron chi connectivity index (χ1n) is 8.27. The Labute approximate surface area is 145 Å². The molecule has 0 spiro atoms. The van der Waals surface area contributed by atoms with Gasteiger partial charge in [0.1, 0.15) is 5.69 Å². The zero-order valence-electron chi connectivity index (χ0n) is 13.5. The molecule has 25 heavy (non-hydrogen) atoms. The highest BCUT2D eigenvalue weighted by molar-refractivity contribution is 5.98. The van der Waals surface area contributed by atoms with Gasteiger partial charge in [-0.25, -0.2) is 4.68 Å².